The fraction of sp³-hybridized carbons (Fsp3) is 0.400. The van der Waals surface area contributed by atoms with Crippen LogP contribution < -0.4 is 5.73 Å². The van der Waals surface area contributed by atoms with Gasteiger partial charge in [0.2, 0.25) is 0 Å². The lowest BCUT2D eigenvalue weighted by Gasteiger charge is -2.10. The van der Waals surface area contributed by atoms with Crippen LogP contribution in [0.1, 0.15) is 0 Å². The van der Waals surface area contributed by atoms with E-state index < -0.39 is 16.6 Å². The number of hydrogen-bond donors (Lipinski definition) is 1. The topological polar surface area (TPSA) is 46.3 Å². The largest absolute Gasteiger partial charge is 0.398 e. The molecule has 0 aliphatic heterocycles. The minimum Gasteiger partial charge on any atom is -0.398 e. The van der Waals surface area contributed by atoms with Crippen molar-refractivity contribution in [2.24, 2.45) is 0 Å². The van der Waals surface area contributed by atoms with Gasteiger partial charge in [0.1, 0.15) is 5.82 Å². The number of halogens is 1. The van der Waals surface area contributed by atoms with E-state index in [1.54, 1.807) is 0 Å². The van der Waals surface area contributed by atoms with Gasteiger partial charge in [0.15, 0.2) is 0 Å². The molecular formula is C10H15FN2OS. The predicted molar refractivity (Wildman–Crippen MR) is 60.6 cm³/mol. The summed E-state index contributed by atoms with van der Waals surface area (Å²) >= 11 is 0. The van der Waals surface area contributed by atoms with E-state index in [9.17, 15) is 8.60 Å². The molecule has 1 rings (SSSR count). The number of hydrogen-bond acceptors (Lipinski definition) is 3. The maximum Gasteiger partial charge on any atom is 0.124 e. The summed E-state index contributed by atoms with van der Waals surface area (Å²) in [6, 6.07) is 3.95. The molecule has 0 spiro atoms. The van der Waals surface area contributed by atoms with Crippen molar-refractivity contribution in [3.05, 3.63) is 24.0 Å². The van der Waals surface area contributed by atoms with Crippen molar-refractivity contribution in [3.63, 3.8) is 0 Å². The standard InChI is InChI=1S/C10H15FN2OS/c1-13(2)5-6-15(14)10-7-8(11)3-4-9(10)12/h3-4,7H,5-6,12H2,1-2H3. The lowest BCUT2D eigenvalue weighted by atomic mass is 10.3. The quantitative estimate of drug-likeness (QED) is 0.787. The van der Waals surface area contributed by atoms with Crippen molar-refractivity contribution in [3.8, 4) is 0 Å². The molecule has 1 aromatic carbocycles. The SMILES string of the molecule is CN(C)CCS(=O)c1cc(F)ccc1N. The zero-order valence-corrected chi connectivity index (χ0v) is 9.68. The van der Waals surface area contributed by atoms with Crippen molar-refractivity contribution in [1.29, 1.82) is 0 Å². The lowest BCUT2D eigenvalue weighted by Crippen LogP contribution is -2.19. The summed E-state index contributed by atoms with van der Waals surface area (Å²) in [5, 5.41) is 0. The van der Waals surface area contributed by atoms with Crippen LogP contribution in [-0.4, -0.2) is 35.5 Å². The molecule has 5 heteroatoms. The minimum atomic E-state index is -1.23. The molecule has 0 fully saturated rings. The summed E-state index contributed by atoms with van der Waals surface area (Å²) < 4.78 is 24.7. The Labute approximate surface area is 91.5 Å². The van der Waals surface area contributed by atoms with Gasteiger partial charge < -0.3 is 10.6 Å². The second kappa shape index (κ2) is 5.23. The third-order valence-electron chi connectivity index (χ3n) is 1.94. The highest BCUT2D eigenvalue weighted by Crippen LogP contribution is 2.17. The van der Waals surface area contributed by atoms with E-state index in [1.807, 2.05) is 19.0 Å². The van der Waals surface area contributed by atoms with Crippen molar-refractivity contribution in [1.82, 2.24) is 4.90 Å². The monoisotopic (exact) mass is 230 g/mol. The molecule has 15 heavy (non-hydrogen) atoms. The fourth-order valence-electron chi connectivity index (χ4n) is 1.08. The molecule has 0 radical (unpaired) electrons. The van der Waals surface area contributed by atoms with Gasteiger partial charge in [-0.1, -0.05) is 0 Å². The first-order valence-corrected chi connectivity index (χ1v) is 5.90. The van der Waals surface area contributed by atoms with Gasteiger partial charge in [0.05, 0.1) is 15.7 Å². The van der Waals surface area contributed by atoms with Gasteiger partial charge in [-0.25, -0.2) is 4.39 Å². The van der Waals surface area contributed by atoms with Crippen molar-refractivity contribution >= 4 is 16.5 Å². The second-order valence-corrected chi connectivity index (χ2v) is 5.07. The van der Waals surface area contributed by atoms with E-state index in [4.69, 9.17) is 5.73 Å². The van der Waals surface area contributed by atoms with Crippen LogP contribution in [0, 0.1) is 5.82 Å². The summed E-state index contributed by atoms with van der Waals surface area (Å²) in [7, 11) is 2.56. The molecule has 0 aliphatic carbocycles. The molecular weight excluding hydrogens is 215 g/mol. The second-order valence-electron chi connectivity index (χ2n) is 3.54. The number of rotatable bonds is 4. The third kappa shape index (κ3) is 3.60. The van der Waals surface area contributed by atoms with E-state index in [1.165, 1.54) is 18.2 Å². The van der Waals surface area contributed by atoms with E-state index in [0.29, 0.717) is 22.9 Å². The van der Waals surface area contributed by atoms with Crippen molar-refractivity contribution < 1.29 is 8.60 Å². The first kappa shape index (κ1) is 12.1. The molecule has 1 atom stereocenters. The summed E-state index contributed by atoms with van der Waals surface area (Å²) in [6.07, 6.45) is 0. The highest BCUT2D eigenvalue weighted by Gasteiger charge is 2.09. The smallest absolute Gasteiger partial charge is 0.124 e. The molecule has 0 saturated heterocycles. The number of nitrogen functional groups attached to an aromatic ring is 1. The average Bonchev–Trinajstić information content (AvgIpc) is 2.18. The molecule has 0 heterocycles. The Balaban J connectivity index is 2.77. The summed E-state index contributed by atoms with van der Waals surface area (Å²) in [4.78, 5) is 2.31. The molecule has 0 aromatic heterocycles. The molecule has 0 bridgehead atoms. The van der Waals surface area contributed by atoms with E-state index in [0.717, 1.165) is 0 Å². The Bertz CT molecular complexity index is 368. The lowest BCUT2D eigenvalue weighted by molar-refractivity contribution is 0.435. The first-order valence-electron chi connectivity index (χ1n) is 4.59. The number of nitrogens with two attached hydrogens (primary N) is 1. The van der Waals surface area contributed by atoms with Gasteiger partial charge in [-0.2, -0.15) is 0 Å². The highest BCUT2D eigenvalue weighted by atomic mass is 32.2. The molecule has 0 aliphatic rings. The normalized spacial score (nSPS) is 13.1. The van der Waals surface area contributed by atoms with E-state index in [-0.39, 0.29) is 0 Å². The van der Waals surface area contributed by atoms with Crippen molar-refractivity contribution in [2.45, 2.75) is 4.90 Å². The van der Waals surface area contributed by atoms with Crippen LogP contribution in [0.3, 0.4) is 0 Å². The van der Waals surface area contributed by atoms with Crippen LogP contribution in [0.2, 0.25) is 0 Å². The molecule has 0 amide bonds. The minimum absolute atomic E-state index is 0.383. The summed E-state index contributed by atoms with van der Waals surface area (Å²) in [6.45, 7) is 0.683. The molecule has 3 nitrogen and oxygen atoms in total. The van der Waals surface area contributed by atoms with E-state index in [2.05, 4.69) is 0 Å². The van der Waals surface area contributed by atoms with Crippen LogP contribution in [0.25, 0.3) is 0 Å². The predicted octanol–water partition coefficient (Wildman–Crippen LogP) is 1.08. The van der Waals surface area contributed by atoms with Gasteiger partial charge >= 0.3 is 0 Å². The maximum absolute atomic E-state index is 12.9. The van der Waals surface area contributed by atoms with Crippen LogP contribution >= 0.6 is 0 Å². The van der Waals surface area contributed by atoms with Gasteiger partial charge in [0, 0.05) is 18.0 Å². The fourth-order valence-corrected chi connectivity index (χ4v) is 2.41. The Hall–Kier alpha value is -0.940. The molecule has 2 N–H and O–H groups in total. The van der Waals surface area contributed by atoms with Gasteiger partial charge in [-0.3, -0.25) is 4.21 Å². The van der Waals surface area contributed by atoms with Crippen molar-refractivity contribution in [2.75, 3.05) is 32.1 Å². The van der Waals surface area contributed by atoms with Gasteiger partial charge in [0.25, 0.3) is 0 Å². The van der Waals surface area contributed by atoms with E-state index >= 15 is 0 Å². The number of anilines is 1. The summed E-state index contributed by atoms with van der Waals surface area (Å²) in [5.41, 5.74) is 6.01. The molecule has 1 aromatic rings. The Kier molecular flexibility index (Phi) is 4.23. The molecule has 0 saturated carbocycles. The average molecular weight is 230 g/mol. The Morgan fingerprint density at radius 3 is 2.73 bits per heavy atom. The highest BCUT2D eigenvalue weighted by molar-refractivity contribution is 7.85. The molecule has 84 valence electrons. The van der Waals surface area contributed by atoms with Crippen LogP contribution in [0.5, 0.6) is 0 Å². The van der Waals surface area contributed by atoms with Gasteiger partial charge in [-0.05, 0) is 32.3 Å². The number of nitrogens with zero attached hydrogens (tertiary/aromatic N) is 1. The Morgan fingerprint density at radius 2 is 2.13 bits per heavy atom. The zero-order valence-electron chi connectivity index (χ0n) is 8.87. The van der Waals surface area contributed by atoms with Crippen LogP contribution in [-0.2, 0) is 10.8 Å². The number of benzene rings is 1. The third-order valence-corrected chi connectivity index (χ3v) is 3.34. The maximum atomic E-state index is 12.9. The molecule has 1 unspecified atom stereocenters. The van der Waals surface area contributed by atoms with Gasteiger partial charge in [-0.15, -0.1) is 0 Å². The van der Waals surface area contributed by atoms with Crippen LogP contribution in [0.15, 0.2) is 23.1 Å². The first-order chi connectivity index (χ1) is 7.00. The zero-order chi connectivity index (χ0) is 11.4. The Morgan fingerprint density at radius 1 is 1.47 bits per heavy atom. The van der Waals surface area contributed by atoms with Crippen LogP contribution in [0.4, 0.5) is 10.1 Å². The summed E-state index contributed by atoms with van der Waals surface area (Å²) in [5.74, 6) is 0.0538.